The lowest BCUT2D eigenvalue weighted by Crippen LogP contribution is -2.69. The molecule has 5 heteroatoms. The van der Waals surface area contributed by atoms with Gasteiger partial charge < -0.3 is 19.7 Å². The van der Waals surface area contributed by atoms with Gasteiger partial charge in [-0.15, -0.1) is 0 Å². The number of aliphatic hydroxyl groups excluding tert-OH is 1. The molecule has 0 aromatic rings. The van der Waals surface area contributed by atoms with Crippen molar-refractivity contribution in [1.82, 2.24) is 0 Å². The molecule has 1 spiro atoms. The molecule has 2 aliphatic heterocycles. The van der Waals surface area contributed by atoms with Crippen molar-refractivity contribution in [2.45, 2.75) is 119 Å². The van der Waals surface area contributed by atoms with Crippen LogP contribution in [0.15, 0.2) is 12.2 Å². The molecule has 6 rings (SSSR count). The van der Waals surface area contributed by atoms with E-state index in [0.717, 1.165) is 57.8 Å². The number of ether oxygens (including phenoxy) is 2. The molecule has 6 aliphatic rings. The van der Waals surface area contributed by atoms with Gasteiger partial charge >= 0.3 is 0 Å². The third-order valence-corrected chi connectivity index (χ3v) is 13.4. The summed E-state index contributed by atoms with van der Waals surface area (Å²) in [5.41, 5.74) is 0.508. The molecule has 4 aliphatic carbocycles. The van der Waals surface area contributed by atoms with E-state index in [0.29, 0.717) is 23.7 Å². The summed E-state index contributed by atoms with van der Waals surface area (Å²) in [6.07, 6.45) is 8.87. The molecule has 186 valence electrons. The minimum Gasteiger partial charge on any atom is -0.393 e. The highest BCUT2D eigenvalue weighted by molar-refractivity contribution is 14.1. The van der Waals surface area contributed by atoms with Gasteiger partial charge in [0.25, 0.3) is 0 Å². The Kier molecular flexibility index (Phi) is 5.33. The highest BCUT2D eigenvalue weighted by Gasteiger charge is 2.82. The predicted octanol–water partition coefficient (Wildman–Crippen LogP) is 5.63. The first-order valence-electron chi connectivity index (χ1n) is 13.5. The smallest absolute Gasteiger partial charge is 0.165 e. The molecule has 0 aromatic carbocycles. The maximum Gasteiger partial charge on any atom is 0.165 e. The number of aliphatic hydroxyl groups is 2. The summed E-state index contributed by atoms with van der Waals surface area (Å²) >= 11 is 2.57. The molecule has 2 saturated heterocycles. The Labute approximate surface area is 213 Å². The van der Waals surface area contributed by atoms with E-state index in [2.05, 4.69) is 56.9 Å². The molecule has 0 amide bonds. The van der Waals surface area contributed by atoms with Crippen molar-refractivity contribution in [1.29, 1.82) is 0 Å². The lowest BCUT2D eigenvalue weighted by Gasteiger charge is -2.65. The lowest BCUT2D eigenvalue weighted by atomic mass is 9.42. The number of rotatable bonds is 4. The van der Waals surface area contributed by atoms with Gasteiger partial charge in [-0.25, -0.2) is 0 Å². The molecule has 2 heterocycles. The van der Waals surface area contributed by atoms with Crippen LogP contribution in [0.4, 0.5) is 0 Å². The number of hydrogen-bond acceptors (Lipinski definition) is 4. The Hall–Kier alpha value is 0.310. The normalized spacial score (nSPS) is 58.8. The molecular weight excluding hydrogens is 527 g/mol. The molecule has 2 N–H and O–H groups in total. The van der Waals surface area contributed by atoms with Gasteiger partial charge in [-0.2, -0.15) is 0 Å². The average Bonchev–Trinajstić information content (AvgIpc) is 3.28. The van der Waals surface area contributed by atoms with Crippen LogP contribution in [0.25, 0.3) is 0 Å². The van der Waals surface area contributed by atoms with E-state index in [9.17, 15) is 10.2 Å². The van der Waals surface area contributed by atoms with E-state index in [1.807, 2.05) is 0 Å². The second-order valence-corrected chi connectivity index (χ2v) is 14.9. The number of allylic oxidation sites excluding steroid dienone is 1. The van der Waals surface area contributed by atoms with Gasteiger partial charge in [0.1, 0.15) is 0 Å². The van der Waals surface area contributed by atoms with Gasteiger partial charge in [0.15, 0.2) is 6.29 Å². The van der Waals surface area contributed by atoms with E-state index >= 15 is 0 Å². The third kappa shape index (κ3) is 2.89. The predicted molar refractivity (Wildman–Crippen MR) is 137 cm³/mol. The molecule has 6 fully saturated rings. The van der Waals surface area contributed by atoms with E-state index in [1.54, 1.807) is 0 Å². The fourth-order valence-electron chi connectivity index (χ4n) is 10.0. The minimum atomic E-state index is -0.698. The van der Waals surface area contributed by atoms with Gasteiger partial charge in [0.05, 0.1) is 23.4 Å². The van der Waals surface area contributed by atoms with Crippen LogP contribution in [0.2, 0.25) is 0 Å². The summed E-state index contributed by atoms with van der Waals surface area (Å²) in [4.78, 5) is 0. The second kappa shape index (κ2) is 7.43. The molecular formula is C28H43IO4. The maximum absolute atomic E-state index is 12.8. The topological polar surface area (TPSA) is 58.9 Å². The first-order chi connectivity index (χ1) is 15.5. The van der Waals surface area contributed by atoms with Crippen LogP contribution < -0.4 is 0 Å². The fraction of sp³-hybridized carbons (Fsp3) is 0.929. The Balaban J connectivity index is 1.34. The zero-order valence-electron chi connectivity index (χ0n) is 20.9. The minimum absolute atomic E-state index is 0.0371. The van der Waals surface area contributed by atoms with Crippen LogP contribution >= 0.6 is 22.6 Å². The van der Waals surface area contributed by atoms with Crippen molar-refractivity contribution in [3.63, 3.8) is 0 Å². The van der Waals surface area contributed by atoms with Crippen molar-refractivity contribution < 1.29 is 19.7 Å². The highest BCUT2D eigenvalue weighted by atomic mass is 127. The van der Waals surface area contributed by atoms with Crippen molar-refractivity contribution in [3.8, 4) is 0 Å². The van der Waals surface area contributed by atoms with Gasteiger partial charge in [-0.05, 0) is 87.9 Å². The van der Waals surface area contributed by atoms with Gasteiger partial charge in [0, 0.05) is 21.2 Å². The standard InChI is InChI=1S/C28H43IO4/c1-15(2)16(3)6-10-26(5)21-14-19-23-27(21,24(32-19)33-26)11-8-20-25(4)9-7-18(30)12-17(25)13-22(29)28(20,23)31/h15,17-24,30-31H,3,6-14H2,1-2,4-5H3/t17-,18+,19-,20-,21-,22-,23-,24?,25+,26+,27+,28-/m1/s1. The zero-order valence-corrected chi connectivity index (χ0v) is 23.0. The van der Waals surface area contributed by atoms with E-state index in [4.69, 9.17) is 9.47 Å². The molecule has 33 heavy (non-hydrogen) atoms. The van der Waals surface area contributed by atoms with Crippen LogP contribution in [-0.2, 0) is 9.47 Å². The summed E-state index contributed by atoms with van der Waals surface area (Å²) in [5, 5.41) is 23.2. The monoisotopic (exact) mass is 570 g/mol. The van der Waals surface area contributed by atoms with Crippen LogP contribution in [0.5, 0.6) is 0 Å². The first kappa shape index (κ1) is 23.7. The quantitative estimate of drug-likeness (QED) is 0.261. The van der Waals surface area contributed by atoms with Crippen molar-refractivity contribution >= 4 is 22.6 Å². The Bertz CT molecular complexity index is 846. The van der Waals surface area contributed by atoms with Gasteiger partial charge in [-0.3, -0.25) is 0 Å². The Morgan fingerprint density at radius 2 is 1.88 bits per heavy atom. The number of halogens is 1. The van der Waals surface area contributed by atoms with Crippen molar-refractivity contribution in [2.24, 2.45) is 40.4 Å². The maximum atomic E-state index is 12.8. The van der Waals surface area contributed by atoms with Crippen molar-refractivity contribution in [3.05, 3.63) is 12.2 Å². The van der Waals surface area contributed by atoms with Crippen LogP contribution in [0.3, 0.4) is 0 Å². The van der Waals surface area contributed by atoms with Gasteiger partial charge in [0.2, 0.25) is 0 Å². The Morgan fingerprint density at radius 1 is 1.12 bits per heavy atom. The highest BCUT2D eigenvalue weighted by Crippen LogP contribution is 2.78. The molecule has 2 bridgehead atoms. The van der Waals surface area contributed by atoms with Gasteiger partial charge in [-0.1, -0.05) is 55.5 Å². The molecule has 0 radical (unpaired) electrons. The number of alkyl halides is 1. The second-order valence-electron chi connectivity index (χ2n) is 13.4. The lowest BCUT2D eigenvalue weighted by molar-refractivity contribution is -0.218. The van der Waals surface area contributed by atoms with E-state index < -0.39 is 5.60 Å². The van der Waals surface area contributed by atoms with Crippen LogP contribution in [-0.4, -0.2) is 43.8 Å². The summed E-state index contributed by atoms with van der Waals surface area (Å²) in [5.74, 6) is 1.96. The molecule has 0 aromatic heterocycles. The number of fused-ring (bicyclic) bond motifs is 3. The Morgan fingerprint density at radius 3 is 2.61 bits per heavy atom. The average molecular weight is 571 g/mol. The molecule has 12 atom stereocenters. The van der Waals surface area contributed by atoms with E-state index in [-0.39, 0.29) is 44.8 Å². The molecule has 4 nitrogen and oxygen atoms in total. The molecule has 4 saturated carbocycles. The van der Waals surface area contributed by atoms with Crippen LogP contribution in [0, 0.1) is 40.4 Å². The SMILES string of the molecule is C=C(CC[C@]1(C)OC2O[C@@H]3C[C@H]1[C@]21CC[C@@H]2[C@@]4(C)CC[C@H](O)C[C@@H]4C[C@@H](I)[C@@]2(O)[C@H]31)C(C)C. The summed E-state index contributed by atoms with van der Waals surface area (Å²) in [6, 6.07) is 0. The number of hydrogen-bond donors (Lipinski definition) is 2. The summed E-state index contributed by atoms with van der Waals surface area (Å²) < 4.78 is 13.7. The van der Waals surface area contributed by atoms with E-state index in [1.165, 1.54) is 5.57 Å². The van der Waals surface area contributed by atoms with Crippen molar-refractivity contribution in [2.75, 3.05) is 0 Å². The fourth-order valence-corrected chi connectivity index (χ4v) is 11.5. The molecule has 1 unspecified atom stereocenters. The first-order valence-corrected chi connectivity index (χ1v) is 14.8. The van der Waals surface area contributed by atoms with Crippen LogP contribution in [0.1, 0.15) is 85.5 Å². The summed E-state index contributed by atoms with van der Waals surface area (Å²) in [6.45, 7) is 13.5. The largest absolute Gasteiger partial charge is 0.393 e. The zero-order chi connectivity index (χ0) is 23.6. The third-order valence-electron chi connectivity index (χ3n) is 11.9. The summed E-state index contributed by atoms with van der Waals surface area (Å²) in [7, 11) is 0.